The Labute approximate surface area is 785 Å². The SMILES string of the molecule is CCCC(=O)N1CCCC1C1CCN(C)CC1.CN1CCC([C@@H]2CCCN2C(=O)C2CCC2)CC1.CN1CCC([C@@H]2CCCN2C(=O)CC(F)(F)F)CC1.CN1CCC([C@@H]2CCCN2C(=O)CCN)CC1.CN1CCC([C@@H]2CCCN2C(=O)CCNC(=O)OCc2ccccc2)CC1.CN1CCC([C@@H]2CCCN2C(=O)CO)CC1.COCC(=O)N1CCC[C@H]1C1CCN(C)CC1. The molecule has 8 amide bonds. The lowest BCUT2D eigenvalue weighted by molar-refractivity contribution is -0.163. The molecule has 14 aliphatic heterocycles. The van der Waals surface area contributed by atoms with Crippen molar-refractivity contribution < 1.29 is 66.1 Å². The van der Waals surface area contributed by atoms with Crippen LogP contribution in [-0.4, -0.2) is 390 Å². The number of benzene rings is 1. The van der Waals surface area contributed by atoms with Crippen LogP contribution in [0.15, 0.2) is 30.3 Å². The van der Waals surface area contributed by atoms with Crippen LogP contribution in [0.4, 0.5) is 18.0 Å². The number of hydrogen-bond donors (Lipinski definition) is 3. The molecule has 131 heavy (non-hydrogen) atoms. The first-order valence-corrected chi connectivity index (χ1v) is 51.8. The van der Waals surface area contributed by atoms with Crippen molar-refractivity contribution in [3.05, 3.63) is 35.9 Å². The van der Waals surface area contributed by atoms with Crippen LogP contribution in [0.3, 0.4) is 0 Å². The van der Waals surface area contributed by atoms with Crippen LogP contribution < -0.4 is 11.1 Å². The molecule has 27 nitrogen and oxygen atoms in total. The molecule has 0 aromatic heterocycles. The fourth-order valence-electron chi connectivity index (χ4n) is 24.3. The summed E-state index contributed by atoms with van der Waals surface area (Å²) in [5, 5.41) is 11.6. The smallest absolute Gasteiger partial charge is 0.407 e. The summed E-state index contributed by atoms with van der Waals surface area (Å²) in [5.41, 5.74) is 6.43. The summed E-state index contributed by atoms with van der Waals surface area (Å²) in [7, 11) is 16.7. The Kier molecular flexibility index (Phi) is 45.5. The van der Waals surface area contributed by atoms with Crippen molar-refractivity contribution in [1.29, 1.82) is 0 Å². The zero-order chi connectivity index (χ0) is 93.9. The van der Waals surface area contributed by atoms with Crippen molar-refractivity contribution in [3.8, 4) is 0 Å². The van der Waals surface area contributed by atoms with E-state index in [9.17, 15) is 51.5 Å². The fourth-order valence-corrected chi connectivity index (χ4v) is 24.3. The van der Waals surface area contributed by atoms with E-state index in [0.29, 0.717) is 110 Å². The highest BCUT2D eigenvalue weighted by Crippen LogP contribution is 2.40. The van der Waals surface area contributed by atoms with Gasteiger partial charge in [-0.25, -0.2) is 4.79 Å². The predicted molar refractivity (Wildman–Crippen MR) is 509 cm³/mol. The van der Waals surface area contributed by atoms with Crippen LogP contribution in [0.1, 0.15) is 244 Å². The number of rotatable bonds is 21. The molecule has 0 spiro atoms. The van der Waals surface area contributed by atoms with Gasteiger partial charge >= 0.3 is 12.3 Å². The monoisotopic (exact) mass is 1850 g/mol. The van der Waals surface area contributed by atoms with Crippen LogP contribution in [0.5, 0.6) is 0 Å². The van der Waals surface area contributed by atoms with Crippen LogP contribution >= 0.6 is 0 Å². The molecule has 7 atom stereocenters. The number of nitrogens with two attached hydrogens (primary N) is 1. The third-order valence-corrected chi connectivity index (χ3v) is 32.3. The second-order valence-corrected chi connectivity index (χ2v) is 41.5. The second-order valence-electron chi connectivity index (χ2n) is 41.5. The van der Waals surface area contributed by atoms with Crippen molar-refractivity contribution >= 4 is 47.4 Å². The number of nitrogens with one attached hydrogen (secondary N) is 1. The van der Waals surface area contributed by atoms with Crippen LogP contribution in [0, 0.1) is 47.3 Å². The van der Waals surface area contributed by atoms with E-state index in [1.807, 2.05) is 35.2 Å². The number of carbonyl (C=O) groups is 8. The van der Waals surface area contributed by atoms with Crippen molar-refractivity contribution in [2.45, 2.75) is 293 Å². The zero-order valence-corrected chi connectivity index (χ0v) is 82.4. The Morgan fingerprint density at radius 2 is 0.649 bits per heavy atom. The summed E-state index contributed by atoms with van der Waals surface area (Å²) < 4.78 is 47.1. The fraction of sp³-hybridized carbons (Fsp3) is 0.861. The van der Waals surface area contributed by atoms with Gasteiger partial charge in [-0.2, -0.15) is 13.2 Å². The van der Waals surface area contributed by atoms with Crippen molar-refractivity contribution in [3.63, 3.8) is 0 Å². The van der Waals surface area contributed by atoms with Gasteiger partial charge in [-0.3, -0.25) is 33.6 Å². The quantitative estimate of drug-likeness (QED) is 0.103. The van der Waals surface area contributed by atoms with E-state index in [2.05, 4.69) is 120 Å². The van der Waals surface area contributed by atoms with Crippen molar-refractivity contribution in [1.82, 2.24) is 73.9 Å². The largest absolute Gasteiger partial charge is 0.445 e. The maximum absolute atomic E-state index is 12.6. The predicted octanol–water partition coefficient (Wildman–Crippen LogP) is 11.1. The number of methoxy groups -OCH3 is 1. The summed E-state index contributed by atoms with van der Waals surface area (Å²) >= 11 is 0. The number of hydrogen-bond acceptors (Lipinski definition) is 19. The number of aliphatic hydroxyl groups excluding tert-OH is 1. The number of amides is 8. The summed E-state index contributed by atoms with van der Waals surface area (Å²) in [6.45, 7) is 25.2. The first kappa shape index (κ1) is 107. The summed E-state index contributed by atoms with van der Waals surface area (Å²) in [5.74, 6) is 5.64. The molecule has 4 N–H and O–H groups in total. The van der Waals surface area contributed by atoms with E-state index < -0.39 is 24.6 Å². The average molecular weight is 1850 g/mol. The zero-order valence-electron chi connectivity index (χ0n) is 82.4. The Morgan fingerprint density at radius 1 is 0.366 bits per heavy atom. The topological polar surface area (TPSA) is 259 Å². The van der Waals surface area contributed by atoms with E-state index in [0.717, 1.165) is 185 Å². The van der Waals surface area contributed by atoms with E-state index in [-0.39, 0.29) is 49.5 Å². The van der Waals surface area contributed by atoms with Gasteiger partial charge in [0.15, 0.2) is 0 Å². The lowest BCUT2D eigenvalue weighted by atomic mass is 9.83. The van der Waals surface area contributed by atoms with Crippen molar-refractivity contribution in [2.75, 3.05) is 220 Å². The van der Waals surface area contributed by atoms with E-state index in [1.165, 1.54) is 186 Å². The van der Waals surface area contributed by atoms with Crippen LogP contribution in [0.2, 0.25) is 0 Å². The van der Waals surface area contributed by atoms with Crippen molar-refractivity contribution in [2.24, 2.45) is 53.1 Å². The minimum atomic E-state index is -4.39. The van der Waals surface area contributed by atoms with Gasteiger partial charge in [0.1, 0.15) is 26.2 Å². The maximum atomic E-state index is 12.6. The number of alkyl carbamates (subject to hydrolysis) is 1. The highest BCUT2D eigenvalue weighted by atomic mass is 19.4. The highest BCUT2D eigenvalue weighted by molar-refractivity contribution is 5.81. The molecular weight excluding hydrogens is 1670 g/mol. The third-order valence-electron chi connectivity index (χ3n) is 32.3. The number of aliphatic hydroxyl groups is 1. The standard InChI is InChI=1S/C21H31N3O3.C15H26N2O.C14H26N2O.C13H21F3N2O.C13H25N3O.C13H24N2O2.C12H22N2O2/c1-23-14-10-18(11-15-23)19-8-5-13-24(19)20(25)9-12-22-21(26)27-16-17-6-3-2-4-7-17;1-16-10-7-12(8-11-16)14-6-3-9-17(14)15(18)13-4-2-5-13;1-3-5-14(17)16-9-4-6-13(16)12-7-10-15(2)11-8-12;1-17-7-4-10(5-8-17)11-3-2-6-18(11)12(19)9-13(14,15)16;1-15-9-5-11(6-10-15)12-3-2-8-16(12)13(17)4-7-14;1-14-8-5-11(6-9-14)12-4-3-7-15(12)13(16)10-17-2;1-13-7-4-10(5-8-13)11-3-2-6-14(11)12(16)9-15/h2-4,6-7,18-19H,5,8-16H2,1H3,(H,22,26);12-14H,2-11H2,1H3;12-13H,3-11H2,1-2H3;10-11H,2-9H2,1H3;11-12H,2-10,14H2,1H3;11-12H,3-10H2,1-2H3;10-11,15H,2-9H2,1H3/t19-;14-;;11-;2*12-;11-/m00.0000/s1. The summed E-state index contributed by atoms with van der Waals surface area (Å²) in [6, 6.07) is 12.5. The molecule has 1 aromatic carbocycles. The lowest BCUT2D eigenvalue weighted by Crippen LogP contribution is -2.47. The molecule has 15 aliphatic rings. The van der Waals surface area contributed by atoms with E-state index in [4.69, 9.17) is 20.3 Å². The molecule has 1 saturated carbocycles. The Balaban J connectivity index is 0.000000160. The minimum absolute atomic E-state index is 0.0311. The van der Waals surface area contributed by atoms with Gasteiger partial charge in [0.05, 0.1) is 0 Å². The number of nitrogens with zero attached hydrogens (tertiary/aromatic N) is 14. The third kappa shape index (κ3) is 33.5. The van der Waals surface area contributed by atoms with Gasteiger partial charge in [0.25, 0.3) is 0 Å². The van der Waals surface area contributed by atoms with Gasteiger partial charge in [0, 0.05) is 133 Å². The molecule has 0 radical (unpaired) electrons. The molecule has 746 valence electrons. The molecule has 14 saturated heterocycles. The first-order chi connectivity index (χ1) is 63.1. The minimum Gasteiger partial charge on any atom is -0.445 e. The highest BCUT2D eigenvalue weighted by Gasteiger charge is 2.45. The average Bonchev–Trinajstić information content (AvgIpc) is 1.59. The first-order valence-electron chi connectivity index (χ1n) is 51.8. The van der Waals surface area contributed by atoms with Gasteiger partial charge in [-0.05, 0) is 387 Å². The normalized spacial score (nSPS) is 26.9. The molecule has 0 bridgehead atoms. The number of piperidine rings is 7. The number of alkyl halides is 3. The lowest BCUT2D eigenvalue weighted by Gasteiger charge is -2.39. The van der Waals surface area contributed by atoms with Gasteiger partial charge in [-0.15, -0.1) is 0 Å². The molecule has 30 heteroatoms. The van der Waals surface area contributed by atoms with Gasteiger partial charge in [-0.1, -0.05) is 43.7 Å². The number of ether oxygens (including phenoxy) is 2. The Morgan fingerprint density at radius 3 is 0.931 bits per heavy atom. The van der Waals surface area contributed by atoms with Crippen LogP contribution in [-0.2, 0) is 49.6 Å². The Bertz CT molecular complexity index is 3400. The molecule has 1 aromatic rings. The van der Waals surface area contributed by atoms with Gasteiger partial charge in [0.2, 0.25) is 41.4 Å². The number of halogens is 3. The molecule has 15 fully saturated rings. The summed E-state index contributed by atoms with van der Waals surface area (Å²) in [6.07, 6.45) is 32.5. The number of likely N-dealkylation sites (tertiary alicyclic amines) is 14. The molecule has 14 heterocycles. The maximum Gasteiger partial charge on any atom is 0.407 e. The second kappa shape index (κ2) is 55.5. The van der Waals surface area contributed by atoms with Crippen LogP contribution in [0.25, 0.3) is 0 Å². The molecule has 16 rings (SSSR count). The van der Waals surface area contributed by atoms with E-state index in [1.54, 1.807) is 7.11 Å². The molecule has 1 unspecified atom stereocenters. The summed E-state index contributed by atoms with van der Waals surface area (Å²) in [4.78, 5) is 127. The van der Waals surface area contributed by atoms with E-state index >= 15 is 0 Å². The van der Waals surface area contributed by atoms with Gasteiger partial charge < -0.3 is 94.2 Å². The Hall–Kier alpha value is -5.83. The molecule has 1 aliphatic carbocycles. The molecular formula is C101H175F3N16O11. The number of carbonyl (C=O) groups excluding carboxylic acids is 8.